The van der Waals surface area contributed by atoms with E-state index in [4.69, 9.17) is 21.1 Å². The van der Waals surface area contributed by atoms with E-state index in [9.17, 15) is 0 Å². The molecule has 0 spiro atoms. The van der Waals surface area contributed by atoms with Crippen LogP contribution < -0.4 is 5.01 Å². The quantitative estimate of drug-likeness (QED) is 0.683. The highest BCUT2D eigenvalue weighted by Gasteiger charge is 2.31. The second kappa shape index (κ2) is 5.94. The smallest absolute Gasteiger partial charge is 0.150 e. The van der Waals surface area contributed by atoms with Crippen LogP contribution in [0.1, 0.15) is 17.2 Å². The highest BCUT2D eigenvalue weighted by molar-refractivity contribution is 6.30. The van der Waals surface area contributed by atoms with Gasteiger partial charge in [0.2, 0.25) is 0 Å². The molecule has 0 saturated heterocycles. The number of benzene rings is 2. The van der Waals surface area contributed by atoms with E-state index in [1.165, 1.54) is 5.56 Å². The summed E-state index contributed by atoms with van der Waals surface area (Å²) in [5.74, 6) is 0.960. The molecule has 0 saturated carbocycles. The Balaban J connectivity index is 1.74. The maximum Gasteiger partial charge on any atom is 0.150 e. The molecule has 0 fully saturated rings. The predicted octanol–water partition coefficient (Wildman–Crippen LogP) is 4.94. The minimum atomic E-state index is 0.152. The van der Waals surface area contributed by atoms with E-state index in [1.54, 1.807) is 6.26 Å². The molecular formula is C19H15ClN2O. The van der Waals surface area contributed by atoms with E-state index in [2.05, 4.69) is 24.3 Å². The van der Waals surface area contributed by atoms with Gasteiger partial charge in [0.25, 0.3) is 0 Å². The van der Waals surface area contributed by atoms with Gasteiger partial charge in [0.05, 0.1) is 24.4 Å². The van der Waals surface area contributed by atoms with Crippen LogP contribution in [-0.4, -0.2) is 12.3 Å². The van der Waals surface area contributed by atoms with Crippen molar-refractivity contribution in [3.05, 3.63) is 89.3 Å². The normalized spacial score (nSPS) is 17.3. The van der Waals surface area contributed by atoms with Gasteiger partial charge in [-0.05, 0) is 42.0 Å². The van der Waals surface area contributed by atoms with E-state index in [0.29, 0.717) is 0 Å². The van der Waals surface area contributed by atoms with Crippen molar-refractivity contribution in [2.45, 2.75) is 5.92 Å². The Hall–Kier alpha value is -2.52. The Morgan fingerprint density at radius 2 is 1.74 bits per heavy atom. The maximum absolute atomic E-state index is 6.02. The zero-order valence-electron chi connectivity index (χ0n) is 12.4. The molecule has 4 rings (SSSR count). The molecule has 1 aliphatic rings. The van der Waals surface area contributed by atoms with Crippen LogP contribution in [0.15, 0.2) is 82.5 Å². The Morgan fingerprint density at radius 1 is 0.957 bits per heavy atom. The number of anilines is 1. The van der Waals surface area contributed by atoms with Gasteiger partial charge in [-0.1, -0.05) is 41.9 Å². The monoisotopic (exact) mass is 322 g/mol. The lowest BCUT2D eigenvalue weighted by Gasteiger charge is -2.16. The van der Waals surface area contributed by atoms with Gasteiger partial charge in [-0.15, -0.1) is 0 Å². The molecule has 0 amide bonds. The average molecular weight is 323 g/mol. The SMILES string of the molecule is Clc1ccc(C2CN(c3ccccc3)N=C2c2ccco2)cc1. The van der Waals surface area contributed by atoms with Crippen molar-refractivity contribution >= 4 is 23.0 Å². The first-order chi connectivity index (χ1) is 11.3. The zero-order chi connectivity index (χ0) is 15.6. The van der Waals surface area contributed by atoms with Crippen LogP contribution in [0.5, 0.6) is 0 Å². The molecule has 23 heavy (non-hydrogen) atoms. The van der Waals surface area contributed by atoms with Crippen molar-refractivity contribution in [2.75, 3.05) is 11.6 Å². The molecule has 1 aromatic heterocycles. The molecular weight excluding hydrogens is 308 g/mol. The van der Waals surface area contributed by atoms with Crippen molar-refractivity contribution in [1.29, 1.82) is 0 Å². The van der Waals surface area contributed by atoms with Gasteiger partial charge in [0, 0.05) is 5.02 Å². The molecule has 1 atom stereocenters. The minimum Gasteiger partial charge on any atom is -0.463 e. The van der Waals surface area contributed by atoms with Crippen LogP contribution in [0.3, 0.4) is 0 Å². The maximum atomic E-state index is 6.02. The number of hydrogen-bond acceptors (Lipinski definition) is 3. The fraction of sp³-hybridized carbons (Fsp3) is 0.105. The molecule has 1 aliphatic heterocycles. The molecule has 0 N–H and O–H groups in total. The number of halogens is 1. The summed E-state index contributed by atoms with van der Waals surface area (Å²) < 4.78 is 5.59. The molecule has 2 aromatic carbocycles. The second-order valence-corrected chi connectivity index (χ2v) is 5.92. The number of furan rings is 1. The highest BCUT2D eigenvalue weighted by atomic mass is 35.5. The summed E-state index contributed by atoms with van der Waals surface area (Å²) in [7, 11) is 0. The third kappa shape index (κ3) is 2.76. The molecule has 114 valence electrons. The van der Waals surface area contributed by atoms with E-state index < -0.39 is 0 Å². The van der Waals surface area contributed by atoms with Gasteiger partial charge in [0.15, 0.2) is 5.76 Å². The summed E-state index contributed by atoms with van der Waals surface area (Å²) in [5, 5.41) is 7.57. The van der Waals surface area contributed by atoms with E-state index >= 15 is 0 Å². The van der Waals surface area contributed by atoms with Crippen LogP contribution in [0.2, 0.25) is 5.02 Å². The number of hydrogen-bond donors (Lipinski definition) is 0. The Labute approximate surface area is 139 Å². The van der Waals surface area contributed by atoms with Crippen LogP contribution in [0, 0.1) is 0 Å². The lowest BCUT2D eigenvalue weighted by Crippen LogP contribution is -2.18. The van der Waals surface area contributed by atoms with Gasteiger partial charge in [-0.2, -0.15) is 5.10 Å². The molecule has 3 nitrogen and oxygen atoms in total. The summed E-state index contributed by atoms with van der Waals surface area (Å²) in [6, 6.07) is 22.0. The van der Waals surface area contributed by atoms with E-state index in [0.717, 1.165) is 28.7 Å². The number of hydrazone groups is 1. The number of para-hydroxylation sites is 1. The molecule has 4 heteroatoms. The van der Waals surface area contributed by atoms with Gasteiger partial charge >= 0.3 is 0 Å². The summed E-state index contributed by atoms with van der Waals surface area (Å²) in [5.41, 5.74) is 3.21. The summed E-state index contributed by atoms with van der Waals surface area (Å²) in [6.45, 7) is 0.779. The third-order valence-electron chi connectivity index (χ3n) is 4.01. The van der Waals surface area contributed by atoms with Crippen molar-refractivity contribution < 1.29 is 4.42 Å². The Morgan fingerprint density at radius 3 is 2.43 bits per heavy atom. The molecule has 0 aliphatic carbocycles. The number of rotatable bonds is 3. The van der Waals surface area contributed by atoms with Crippen molar-refractivity contribution in [1.82, 2.24) is 0 Å². The van der Waals surface area contributed by atoms with Crippen molar-refractivity contribution in [3.8, 4) is 0 Å². The Bertz CT molecular complexity index is 810. The molecule has 1 unspecified atom stereocenters. The molecule has 3 aromatic rings. The largest absolute Gasteiger partial charge is 0.463 e. The van der Waals surface area contributed by atoms with Gasteiger partial charge in [-0.3, -0.25) is 5.01 Å². The fourth-order valence-corrected chi connectivity index (χ4v) is 2.99. The lowest BCUT2D eigenvalue weighted by molar-refractivity contribution is 0.555. The molecule has 0 radical (unpaired) electrons. The van der Waals surface area contributed by atoms with Gasteiger partial charge < -0.3 is 4.42 Å². The second-order valence-electron chi connectivity index (χ2n) is 5.48. The Kier molecular flexibility index (Phi) is 3.64. The summed E-state index contributed by atoms with van der Waals surface area (Å²) in [6.07, 6.45) is 1.68. The van der Waals surface area contributed by atoms with Crippen molar-refractivity contribution in [2.24, 2.45) is 5.10 Å². The van der Waals surface area contributed by atoms with E-state index in [-0.39, 0.29) is 5.92 Å². The molecule has 2 heterocycles. The standard InChI is InChI=1S/C19H15ClN2O/c20-15-10-8-14(9-11-15)17-13-22(16-5-2-1-3-6-16)21-19(17)18-7-4-12-23-18/h1-12,17H,13H2. The third-order valence-corrected chi connectivity index (χ3v) is 4.27. The van der Waals surface area contributed by atoms with Gasteiger partial charge in [-0.25, -0.2) is 0 Å². The van der Waals surface area contributed by atoms with Crippen LogP contribution >= 0.6 is 11.6 Å². The average Bonchev–Trinajstić information content (AvgIpc) is 3.26. The fourth-order valence-electron chi connectivity index (χ4n) is 2.87. The van der Waals surface area contributed by atoms with Crippen molar-refractivity contribution in [3.63, 3.8) is 0 Å². The van der Waals surface area contributed by atoms with Crippen LogP contribution in [0.25, 0.3) is 0 Å². The molecule has 0 bridgehead atoms. The lowest BCUT2D eigenvalue weighted by atomic mass is 9.93. The summed E-state index contributed by atoms with van der Waals surface area (Å²) >= 11 is 6.02. The van der Waals surface area contributed by atoms with E-state index in [1.807, 2.05) is 47.5 Å². The number of nitrogens with zero attached hydrogens (tertiary/aromatic N) is 2. The highest BCUT2D eigenvalue weighted by Crippen LogP contribution is 2.32. The topological polar surface area (TPSA) is 28.7 Å². The first-order valence-corrected chi connectivity index (χ1v) is 7.89. The first kappa shape index (κ1) is 14.1. The van der Waals surface area contributed by atoms with Crippen LogP contribution in [-0.2, 0) is 0 Å². The summed E-state index contributed by atoms with van der Waals surface area (Å²) in [4.78, 5) is 0. The van der Waals surface area contributed by atoms with Gasteiger partial charge in [0.1, 0.15) is 5.71 Å². The van der Waals surface area contributed by atoms with Crippen LogP contribution in [0.4, 0.5) is 5.69 Å². The predicted molar refractivity (Wildman–Crippen MR) is 93.2 cm³/mol. The first-order valence-electron chi connectivity index (χ1n) is 7.52. The minimum absolute atomic E-state index is 0.152. The zero-order valence-corrected chi connectivity index (χ0v) is 13.1.